The Bertz CT molecular complexity index is 637. The minimum absolute atomic E-state index is 0.0560. The molecule has 1 saturated heterocycles. The lowest BCUT2D eigenvalue weighted by atomic mass is 10.2. The maximum Gasteiger partial charge on any atom is 0.318 e. The zero-order valence-corrected chi connectivity index (χ0v) is 14.7. The van der Waals surface area contributed by atoms with Crippen LogP contribution in [0.2, 0.25) is 0 Å². The minimum atomic E-state index is -0.0560. The van der Waals surface area contributed by atoms with Crippen molar-refractivity contribution in [2.45, 2.75) is 39.0 Å². The quantitative estimate of drug-likeness (QED) is 0.873. The van der Waals surface area contributed by atoms with Crippen LogP contribution < -0.4 is 5.32 Å². The van der Waals surface area contributed by atoms with Gasteiger partial charge in [-0.05, 0) is 42.8 Å². The second-order valence-corrected chi connectivity index (χ2v) is 7.09. The standard InChI is InChI=1S/C18H23N3O2S/c1-14-6-7-15(10-19-14)11-20-18(22)21(12-16-4-2-8-23-16)13-17-5-3-9-24-17/h3,5-7,9-10,16H,2,4,8,11-13H2,1H3,(H,20,22)/t16-/m0/s1. The van der Waals surface area contributed by atoms with Crippen molar-refractivity contribution in [1.82, 2.24) is 15.2 Å². The molecule has 0 spiro atoms. The Labute approximate surface area is 146 Å². The molecule has 6 heteroatoms. The van der Waals surface area contributed by atoms with Gasteiger partial charge in [-0.3, -0.25) is 4.98 Å². The molecule has 1 fully saturated rings. The van der Waals surface area contributed by atoms with Crippen LogP contribution in [0, 0.1) is 6.92 Å². The van der Waals surface area contributed by atoms with Gasteiger partial charge in [0.25, 0.3) is 0 Å². The van der Waals surface area contributed by atoms with Gasteiger partial charge in [0.05, 0.1) is 12.6 Å². The summed E-state index contributed by atoms with van der Waals surface area (Å²) in [5, 5.41) is 5.04. The lowest BCUT2D eigenvalue weighted by Gasteiger charge is -2.25. The molecule has 1 aliphatic rings. The highest BCUT2D eigenvalue weighted by Crippen LogP contribution is 2.17. The first kappa shape index (κ1) is 16.9. The predicted octanol–water partition coefficient (Wildman–Crippen LogP) is 3.34. The van der Waals surface area contributed by atoms with Crippen LogP contribution >= 0.6 is 11.3 Å². The fourth-order valence-electron chi connectivity index (χ4n) is 2.74. The second-order valence-electron chi connectivity index (χ2n) is 6.06. The van der Waals surface area contributed by atoms with Gasteiger partial charge in [-0.1, -0.05) is 12.1 Å². The number of aryl methyl sites for hydroxylation is 1. The summed E-state index contributed by atoms with van der Waals surface area (Å²) < 4.78 is 5.70. The number of carbonyl (C=O) groups is 1. The first-order valence-corrected chi connectivity index (χ1v) is 9.17. The molecule has 2 aromatic rings. The van der Waals surface area contributed by atoms with E-state index in [0.29, 0.717) is 19.6 Å². The van der Waals surface area contributed by atoms with E-state index in [4.69, 9.17) is 4.74 Å². The number of rotatable bonds is 6. The van der Waals surface area contributed by atoms with Crippen LogP contribution in [0.1, 0.15) is 29.0 Å². The van der Waals surface area contributed by atoms with Crippen LogP contribution in [0.15, 0.2) is 35.8 Å². The Kier molecular flexibility index (Phi) is 5.82. The zero-order chi connectivity index (χ0) is 16.8. The molecule has 2 aromatic heterocycles. The number of aromatic nitrogens is 1. The third-order valence-electron chi connectivity index (χ3n) is 4.08. The van der Waals surface area contributed by atoms with Crippen LogP contribution in [0.3, 0.4) is 0 Å². The fraction of sp³-hybridized carbons (Fsp3) is 0.444. The molecule has 3 heterocycles. The van der Waals surface area contributed by atoms with E-state index in [1.165, 1.54) is 4.88 Å². The van der Waals surface area contributed by atoms with Crippen molar-refractivity contribution in [3.8, 4) is 0 Å². The van der Waals surface area contributed by atoms with Crippen LogP contribution in [-0.4, -0.2) is 35.2 Å². The van der Waals surface area contributed by atoms with Crippen molar-refractivity contribution in [3.05, 3.63) is 52.0 Å². The highest BCUT2D eigenvalue weighted by molar-refractivity contribution is 7.09. The number of carbonyl (C=O) groups excluding carboxylic acids is 1. The van der Waals surface area contributed by atoms with Crippen LogP contribution in [0.4, 0.5) is 4.79 Å². The number of pyridine rings is 1. The normalized spacial score (nSPS) is 17.0. The smallest absolute Gasteiger partial charge is 0.318 e. The monoisotopic (exact) mass is 345 g/mol. The van der Waals surface area contributed by atoms with E-state index in [2.05, 4.69) is 16.4 Å². The average molecular weight is 345 g/mol. The van der Waals surface area contributed by atoms with Crippen molar-refractivity contribution in [2.75, 3.05) is 13.2 Å². The highest BCUT2D eigenvalue weighted by Gasteiger charge is 2.23. The maximum atomic E-state index is 12.6. The number of nitrogens with one attached hydrogen (secondary N) is 1. The zero-order valence-electron chi connectivity index (χ0n) is 13.9. The Balaban J connectivity index is 1.59. The molecule has 1 atom stereocenters. The molecule has 1 aliphatic heterocycles. The van der Waals surface area contributed by atoms with E-state index in [9.17, 15) is 4.79 Å². The summed E-state index contributed by atoms with van der Waals surface area (Å²) in [4.78, 5) is 19.9. The highest BCUT2D eigenvalue weighted by atomic mass is 32.1. The lowest BCUT2D eigenvalue weighted by molar-refractivity contribution is 0.0796. The summed E-state index contributed by atoms with van der Waals surface area (Å²) in [7, 11) is 0. The van der Waals surface area contributed by atoms with Crippen molar-refractivity contribution >= 4 is 17.4 Å². The van der Waals surface area contributed by atoms with Gasteiger partial charge in [0.1, 0.15) is 0 Å². The van der Waals surface area contributed by atoms with Gasteiger partial charge in [-0.15, -0.1) is 11.3 Å². The molecule has 0 saturated carbocycles. The molecule has 128 valence electrons. The van der Waals surface area contributed by atoms with E-state index in [0.717, 1.165) is 30.7 Å². The van der Waals surface area contributed by atoms with E-state index in [1.807, 2.05) is 35.4 Å². The Hall–Kier alpha value is -1.92. The van der Waals surface area contributed by atoms with Crippen LogP contribution in [0.25, 0.3) is 0 Å². The molecule has 24 heavy (non-hydrogen) atoms. The number of hydrogen-bond acceptors (Lipinski definition) is 4. The van der Waals surface area contributed by atoms with E-state index in [-0.39, 0.29) is 12.1 Å². The van der Waals surface area contributed by atoms with E-state index in [1.54, 1.807) is 17.5 Å². The van der Waals surface area contributed by atoms with Gasteiger partial charge in [0.2, 0.25) is 0 Å². The molecule has 0 bridgehead atoms. The van der Waals surface area contributed by atoms with Crippen molar-refractivity contribution in [2.24, 2.45) is 0 Å². The minimum Gasteiger partial charge on any atom is -0.376 e. The van der Waals surface area contributed by atoms with Gasteiger partial charge in [-0.2, -0.15) is 0 Å². The Morgan fingerprint density at radius 3 is 3.04 bits per heavy atom. The third kappa shape index (κ3) is 4.79. The van der Waals surface area contributed by atoms with Crippen molar-refractivity contribution < 1.29 is 9.53 Å². The predicted molar refractivity (Wildman–Crippen MR) is 94.9 cm³/mol. The molecule has 1 N–H and O–H groups in total. The summed E-state index contributed by atoms with van der Waals surface area (Å²) in [5.41, 5.74) is 1.98. The van der Waals surface area contributed by atoms with Crippen molar-refractivity contribution in [3.63, 3.8) is 0 Å². The SMILES string of the molecule is Cc1ccc(CNC(=O)N(Cc2cccs2)C[C@@H]2CCCO2)cn1. The summed E-state index contributed by atoms with van der Waals surface area (Å²) in [6.45, 7) is 4.49. The number of ether oxygens (including phenoxy) is 1. The fourth-order valence-corrected chi connectivity index (χ4v) is 3.46. The maximum absolute atomic E-state index is 12.6. The second kappa shape index (κ2) is 8.26. The third-order valence-corrected chi connectivity index (χ3v) is 4.94. The van der Waals surface area contributed by atoms with E-state index < -0.39 is 0 Å². The first-order valence-electron chi connectivity index (χ1n) is 8.29. The van der Waals surface area contributed by atoms with Gasteiger partial charge in [-0.25, -0.2) is 4.79 Å². The molecule has 0 unspecified atom stereocenters. The number of hydrogen-bond donors (Lipinski definition) is 1. The molecule has 2 amide bonds. The summed E-state index contributed by atoms with van der Waals surface area (Å²) in [6.07, 6.45) is 4.06. The van der Waals surface area contributed by atoms with Gasteiger partial charge >= 0.3 is 6.03 Å². The molecule has 5 nitrogen and oxygen atoms in total. The van der Waals surface area contributed by atoms with E-state index >= 15 is 0 Å². The topological polar surface area (TPSA) is 54.5 Å². The van der Waals surface area contributed by atoms with Gasteiger partial charge in [0.15, 0.2) is 0 Å². The summed E-state index contributed by atoms with van der Waals surface area (Å²) >= 11 is 1.67. The largest absolute Gasteiger partial charge is 0.376 e. The number of amides is 2. The Morgan fingerprint density at radius 1 is 1.46 bits per heavy atom. The molecule has 3 rings (SSSR count). The molecule has 0 aromatic carbocycles. The molecule has 0 radical (unpaired) electrons. The summed E-state index contributed by atoms with van der Waals surface area (Å²) in [5.74, 6) is 0. The number of nitrogens with zero attached hydrogens (tertiary/aromatic N) is 2. The average Bonchev–Trinajstić information content (AvgIpc) is 3.27. The number of thiophene rings is 1. The van der Waals surface area contributed by atoms with Crippen molar-refractivity contribution in [1.29, 1.82) is 0 Å². The number of urea groups is 1. The molecule has 0 aliphatic carbocycles. The first-order chi connectivity index (χ1) is 11.7. The summed E-state index contributed by atoms with van der Waals surface area (Å²) in [6, 6.07) is 7.97. The lowest BCUT2D eigenvalue weighted by Crippen LogP contribution is -2.42. The molecular formula is C18H23N3O2S. The van der Waals surface area contributed by atoms with Crippen LogP contribution in [0.5, 0.6) is 0 Å². The van der Waals surface area contributed by atoms with Gasteiger partial charge in [0, 0.05) is 36.5 Å². The van der Waals surface area contributed by atoms with Crippen LogP contribution in [-0.2, 0) is 17.8 Å². The molecular weight excluding hydrogens is 322 g/mol. The Morgan fingerprint density at radius 2 is 2.38 bits per heavy atom. The van der Waals surface area contributed by atoms with Gasteiger partial charge < -0.3 is 15.0 Å².